The van der Waals surface area contributed by atoms with Gasteiger partial charge in [0.15, 0.2) is 0 Å². The Bertz CT molecular complexity index is 566. The summed E-state index contributed by atoms with van der Waals surface area (Å²) in [5.74, 6) is -2.31. The molecule has 1 aromatic heterocycles. The summed E-state index contributed by atoms with van der Waals surface area (Å²) >= 11 is 0. The monoisotopic (exact) mass is 329 g/mol. The van der Waals surface area contributed by atoms with Crippen LogP contribution >= 0.6 is 0 Å². The second-order valence-electron chi connectivity index (χ2n) is 6.06. The normalized spacial score (nSPS) is 21.3. The van der Waals surface area contributed by atoms with Gasteiger partial charge in [-0.3, -0.25) is 9.69 Å². The Morgan fingerprint density at radius 3 is 2.78 bits per heavy atom. The lowest BCUT2D eigenvalue weighted by atomic mass is 10.1. The highest BCUT2D eigenvalue weighted by Crippen LogP contribution is 2.29. The van der Waals surface area contributed by atoms with Crippen molar-refractivity contribution in [3.63, 3.8) is 0 Å². The summed E-state index contributed by atoms with van der Waals surface area (Å²) in [6.45, 7) is 2.97. The zero-order valence-electron chi connectivity index (χ0n) is 13.2. The van der Waals surface area contributed by atoms with E-state index in [1.165, 1.54) is 4.90 Å². The zero-order valence-corrected chi connectivity index (χ0v) is 13.2. The molecule has 0 saturated carbocycles. The van der Waals surface area contributed by atoms with Gasteiger partial charge in [-0.15, -0.1) is 0 Å². The van der Waals surface area contributed by atoms with Crippen molar-refractivity contribution in [1.29, 1.82) is 0 Å². The average molecular weight is 329 g/mol. The number of alkyl halides is 2. The van der Waals surface area contributed by atoms with Gasteiger partial charge in [0.2, 0.25) is 0 Å². The molecular weight excluding hydrogens is 308 g/mol. The number of hydrogen-bond acceptors (Lipinski definition) is 5. The molecule has 8 heteroatoms. The molecule has 0 aromatic carbocycles. The molecule has 1 fully saturated rings. The fourth-order valence-electron chi connectivity index (χ4n) is 2.93. The number of ether oxygens (including phenoxy) is 1. The molecule has 0 unspecified atom stereocenters. The van der Waals surface area contributed by atoms with Gasteiger partial charge in [-0.25, -0.2) is 13.8 Å². The van der Waals surface area contributed by atoms with E-state index in [1.54, 1.807) is 7.11 Å². The maximum absolute atomic E-state index is 13.2. The quantitative estimate of drug-likeness (QED) is 0.839. The SMILES string of the molecule is COCCN1CCc2oc(C(=O)N3CCC(F)(F)CC3)nc2C1. The first kappa shape index (κ1) is 16.3. The predicted octanol–water partition coefficient (Wildman–Crippen LogP) is 1.55. The van der Waals surface area contributed by atoms with Crippen molar-refractivity contribution in [3.8, 4) is 0 Å². The Labute approximate surface area is 133 Å². The van der Waals surface area contributed by atoms with Gasteiger partial charge in [-0.1, -0.05) is 0 Å². The summed E-state index contributed by atoms with van der Waals surface area (Å²) < 4.78 is 37.0. The number of oxazole rings is 1. The van der Waals surface area contributed by atoms with Gasteiger partial charge >= 0.3 is 5.91 Å². The van der Waals surface area contributed by atoms with E-state index in [9.17, 15) is 13.6 Å². The molecule has 2 aliphatic heterocycles. The highest BCUT2D eigenvalue weighted by atomic mass is 19.3. The van der Waals surface area contributed by atoms with E-state index in [1.807, 2.05) is 0 Å². The zero-order chi connectivity index (χ0) is 16.4. The van der Waals surface area contributed by atoms with E-state index in [2.05, 4.69) is 9.88 Å². The molecule has 6 nitrogen and oxygen atoms in total. The highest BCUT2D eigenvalue weighted by molar-refractivity contribution is 5.89. The van der Waals surface area contributed by atoms with Crippen molar-refractivity contribution in [3.05, 3.63) is 17.3 Å². The molecule has 0 N–H and O–H groups in total. The number of halogens is 2. The molecule has 0 spiro atoms. The molecule has 3 rings (SSSR count). The lowest BCUT2D eigenvalue weighted by Crippen LogP contribution is -2.42. The first-order valence-electron chi connectivity index (χ1n) is 7.85. The third-order valence-corrected chi connectivity index (χ3v) is 4.38. The van der Waals surface area contributed by atoms with E-state index < -0.39 is 11.8 Å². The standard InChI is InChI=1S/C15H21F2N3O3/c1-22-9-8-19-5-2-12-11(10-19)18-13(23-12)14(21)20-6-3-15(16,17)4-7-20/h2-10H2,1H3. The van der Waals surface area contributed by atoms with Crippen LogP contribution in [0.1, 0.15) is 35.0 Å². The van der Waals surface area contributed by atoms with Gasteiger partial charge in [0.05, 0.1) is 12.3 Å². The second-order valence-corrected chi connectivity index (χ2v) is 6.06. The summed E-state index contributed by atoms with van der Waals surface area (Å²) in [4.78, 5) is 20.3. The number of aromatic nitrogens is 1. The summed E-state index contributed by atoms with van der Waals surface area (Å²) in [5, 5.41) is 0. The molecule has 1 amide bonds. The lowest BCUT2D eigenvalue weighted by molar-refractivity contribution is -0.0499. The molecule has 0 atom stereocenters. The van der Waals surface area contributed by atoms with Crippen LogP contribution in [0.5, 0.6) is 0 Å². The lowest BCUT2D eigenvalue weighted by Gasteiger charge is -2.30. The average Bonchev–Trinajstić information content (AvgIpc) is 2.95. The molecule has 0 bridgehead atoms. The van der Waals surface area contributed by atoms with Crippen LogP contribution in [0.3, 0.4) is 0 Å². The maximum atomic E-state index is 13.2. The Hall–Kier alpha value is -1.54. The number of carbonyl (C=O) groups is 1. The van der Waals surface area contributed by atoms with Crippen LogP contribution in [0.15, 0.2) is 4.42 Å². The third-order valence-electron chi connectivity index (χ3n) is 4.38. The van der Waals surface area contributed by atoms with Crippen molar-refractivity contribution >= 4 is 5.91 Å². The van der Waals surface area contributed by atoms with E-state index in [0.29, 0.717) is 19.6 Å². The van der Waals surface area contributed by atoms with Gasteiger partial charge in [0.1, 0.15) is 5.76 Å². The van der Waals surface area contributed by atoms with Gasteiger partial charge in [-0.05, 0) is 0 Å². The van der Waals surface area contributed by atoms with Crippen molar-refractivity contribution in [2.45, 2.75) is 31.7 Å². The highest BCUT2D eigenvalue weighted by Gasteiger charge is 2.37. The third kappa shape index (κ3) is 3.69. The van der Waals surface area contributed by atoms with Crippen LogP contribution in [0.25, 0.3) is 0 Å². The Balaban J connectivity index is 1.64. The Morgan fingerprint density at radius 1 is 1.35 bits per heavy atom. The number of likely N-dealkylation sites (tertiary alicyclic amines) is 1. The molecule has 23 heavy (non-hydrogen) atoms. The fraction of sp³-hybridized carbons (Fsp3) is 0.733. The minimum atomic E-state index is -2.67. The molecule has 3 heterocycles. The topological polar surface area (TPSA) is 58.8 Å². The minimum Gasteiger partial charge on any atom is -0.437 e. The van der Waals surface area contributed by atoms with Crippen molar-refractivity contribution < 1.29 is 22.7 Å². The van der Waals surface area contributed by atoms with E-state index in [0.717, 1.165) is 24.5 Å². The largest absolute Gasteiger partial charge is 0.437 e. The molecule has 1 aromatic rings. The summed E-state index contributed by atoms with van der Waals surface area (Å²) in [5.41, 5.74) is 0.762. The molecule has 1 saturated heterocycles. The number of methoxy groups -OCH3 is 1. The number of hydrogen-bond donors (Lipinski definition) is 0. The molecule has 128 valence electrons. The number of piperidine rings is 1. The summed E-state index contributed by atoms with van der Waals surface area (Å²) in [6.07, 6.45) is 0.0886. The molecule has 2 aliphatic rings. The number of nitrogens with zero attached hydrogens (tertiary/aromatic N) is 3. The Morgan fingerprint density at radius 2 is 2.09 bits per heavy atom. The molecule has 0 radical (unpaired) electrons. The van der Waals surface area contributed by atoms with Crippen molar-refractivity contribution in [2.24, 2.45) is 0 Å². The van der Waals surface area contributed by atoms with Crippen LogP contribution in [0.4, 0.5) is 8.78 Å². The van der Waals surface area contributed by atoms with Crippen LogP contribution in [-0.4, -0.2) is 66.5 Å². The van der Waals surface area contributed by atoms with Crippen LogP contribution in [-0.2, 0) is 17.7 Å². The van der Waals surface area contributed by atoms with Gasteiger partial charge in [0, 0.05) is 59.1 Å². The second kappa shape index (κ2) is 6.52. The van der Waals surface area contributed by atoms with Gasteiger partial charge in [-0.2, -0.15) is 0 Å². The number of rotatable bonds is 4. The summed E-state index contributed by atoms with van der Waals surface area (Å²) in [7, 11) is 1.66. The molecular formula is C15H21F2N3O3. The van der Waals surface area contributed by atoms with Crippen LogP contribution in [0, 0.1) is 0 Å². The molecule has 0 aliphatic carbocycles. The first-order chi connectivity index (χ1) is 11.0. The summed E-state index contributed by atoms with van der Waals surface area (Å²) in [6, 6.07) is 0. The van der Waals surface area contributed by atoms with Crippen LogP contribution < -0.4 is 0 Å². The smallest absolute Gasteiger partial charge is 0.309 e. The van der Waals surface area contributed by atoms with E-state index in [4.69, 9.17) is 9.15 Å². The van der Waals surface area contributed by atoms with E-state index >= 15 is 0 Å². The fourth-order valence-corrected chi connectivity index (χ4v) is 2.93. The minimum absolute atomic E-state index is 0.0220. The number of amides is 1. The van der Waals surface area contributed by atoms with Gasteiger partial charge in [0.25, 0.3) is 11.8 Å². The van der Waals surface area contributed by atoms with Crippen LogP contribution in [0.2, 0.25) is 0 Å². The van der Waals surface area contributed by atoms with Gasteiger partial charge < -0.3 is 14.1 Å². The Kier molecular flexibility index (Phi) is 4.63. The number of fused-ring (bicyclic) bond motifs is 1. The number of carbonyl (C=O) groups excluding carboxylic acids is 1. The van der Waals surface area contributed by atoms with E-state index in [-0.39, 0.29) is 31.8 Å². The van der Waals surface area contributed by atoms with Crippen molar-refractivity contribution in [1.82, 2.24) is 14.8 Å². The first-order valence-corrected chi connectivity index (χ1v) is 7.85. The maximum Gasteiger partial charge on any atom is 0.309 e. The predicted molar refractivity (Wildman–Crippen MR) is 77.4 cm³/mol. The van der Waals surface area contributed by atoms with Crippen molar-refractivity contribution in [2.75, 3.05) is 39.9 Å².